The maximum Gasteiger partial charge on any atom is 0.187 e. The number of ether oxygens (including phenoxy) is 3. The summed E-state index contributed by atoms with van der Waals surface area (Å²) in [5, 5.41) is 58.4. The van der Waals surface area contributed by atoms with Gasteiger partial charge in [-0.15, -0.1) is 0 Å². The monoisotopic (exact) mass is 310 g/mol. The predicted octanol–water partition coefficient (Wildman–Crippen LogP) is -3.34. The van der Waals surface area contributed by atoms with E-state index in [1.54, 1.807) is 0 Å². The Labute approximate surface area is 121 Å². The lowest BCUT2D eigenvalue weighted by Crippen LogP contribution is -2.63. The maximum atomic E-state index is 9.96. The Kier molecular flexibility index (Phi) is 5.19. The SMILES string of the molecule is C[C@@H]1O[C@H](O[C@@H]2[C@H](O)[C@H](C)O[C@@H](O)[C@H]2O)[C@H](O)[C@H](O)[C@H]1O. The van der Waals surface area contributed by atoms with Gasteiger partial charge in [-0.05, 0) is 13.8 Å². The first-order chi connectivity index (χ1) is 9.73. The van der Waals surface area contributed by atoms with E-state index in [4.69, 9.17) is 14.2 Å². The molecule has 0 amide bonds. The number of hydrogen-bond acceptors (Lipinski definition) is 9. The minimum Gasteiger partial charge on any atom is -0.388 e. The van der Waals surface area contributed by atoms with E-state index < -0.39 is 61.4 Å². The second kappa shape index (κ2) is 6.41. The molecule has 9 nitrogen and oxygen atoms in total. The van der Waals surface area contributed by atoms with Crippen molar-refractivity contribution in [2.75, 3.05) is 0 Å². The molecule has 9 heteroatoms. The molecule has 0 bridgehead atoms. The molecule has 21 heavy (non-hydrogen) atoms. The molecule has 6 N–H and O–H groups in total. The van der Waals surface area contributed by atoms with Crippen molar-refractivity contribution in [3.63, 3.8) is 0 Å². The molecule has 2 saturated heterocycles. The van der Waals surface area contributed by atoms with E-state index in [1.165, 1.54) is 13.8 Å². The molecule has 2 aliphatic heterocycles. The fourth-order valence-electron chi connectivity index (χ4n) is 2.45. The number of rotatable bonds is 2. The Morgan fingerprint density at radius 1 is 0.667 bits per heavy atom. The highest BCUT2D eigenvalue weighted by Crippen LogP contribution is 2.28. The molecule has 0 spiro atoms. The van der Waals surface area contributed by atoms with Crippen molar-refractivity contribution >= 4 is 0 Å². The summed E-state index contributed by atoms with van der Waals surface area (Å²) >= 11 is 0. The molecule has 2 aliphatic rings. The Morgan fingerprint density at radius 2 is 1.24 bits per heavy atom. The van der Waals surface area contributed by atoms with Gasteiger partial charge in [0.25, 0.3) is 0 Å². The van der Waals surface area contributed by atoms with Gasteiger partial charge in [0.1, 0.15) is 36.6 Å². The van der Waals surface area contributed by atoms with Crippen LogP contribution in [-0.2, 0) is 14.2 Å². The maximum absolute atomic E-state index is 9.96. The Hall–Kier alpha value is -0.360. The van der Waals surface area contributed by atoms with Crippen molar-refractivity contribution in [2.24, 2.45) is 0 Å². The van der Waals surface area contributed by atoms with E-state index in [9.17, 15) is 30.6 Å². The summed E-state index contributed by atoms with van der Waals surface area (Å²) in [6.07, 6.45) is -13.0. The molecule has 2 rings (SSSR count). The van der Waals surface area contributed by atoms with Crippen molar-refractivity contribution in [1.82, 2.24) is 0 Å². The summed E-state index contributed by atoms with van der Waals surface area (Å²) in [7, 11) is 0. The highest BCUT2D eigenvalue weighted by atomic mass is 16.7. The van der Waals surface area contributed by atoms with E-state index >= 15 is 0 Å². The van der Waals surface area contributed by atoms with Crippen LogP contribution < -0.4 is 0 Å². The van der Waals surface area contributed by atoms with E-state index in [2.05, 4.69) is 0 Å². The third-order valence-corrected chi connectivity index (χ3v) is 3.90. The van der Waals surface area contributed by atoms with E-state index in [1.807, 2.05) is 0 Å². The zero-order chi connectivity index (χ0) is 15.9. The average molecular weight is 310 g/mol. The van der Waals surface area contributed by atoms with Crippen LogP contribution in [0.15, 0.2) is 0 Å². The standard InChI is InChI=1S/C12H22O9/c1-3-5(13)7(15)8(16)12(20-3)21-10-6(14)4(2)19-11(18)9(10)17/h3-18H,1-2H3/t3-,4-,5-,6+,7+,8+,9-,10+,11+,12+/m0/s1. The van der Waals surface area contributed by atoms with Crippen LogP contribution in [0.5, 0.6) is 0 Å². The highest BCUT2D eigenvalue weighted by Gasteiger charge is 2.48. The second-order valence-corrected chi connectivity index (χ2v) is 5.50. The second-order valence-electron chi connectivity index (χ2n) is 5.50. The van der Waals surface area contributed by atoms with Crippen LogP contribution in [0.1, 0.15) is 13.8 Å². The van der Waals surface area contributed by atoms with Crippen molar-refractivity contribution in [3.8, 4) is 0 Å². The van der Waals surface area contributed by atoms with Gasteiger partial charge in [-0.2, -0.15) is 0 Å². The van der Waals surface area contributed by atoms with Crippen LogP contribution in [0, 0.1) is 0 Å². The zero-order valence-corrected chi connectivity index (χ0v) is 11.7. The summed E-state index contributed by atoms with van der Waals surface area (Å²) in [5.41, 5.74) is 0. The average Bonchev–Trinajstić information content (AvgIpc) is 2.44. The normalized spacial score (nSPS) is 55.4. The van der Waals surface area contributed by atoms with Gasteiger partial charge in [-0.3, -0.25) is 0 Å². The lowest BCUT2D eigenvalue weighted by molar-refractivity contribution is -0.349. The van der Waals surface area contributed by atoms with Crippen LogP contribution in [-0.4, -0.2) is 92.1 Å². The number of aliphatic hydroxyl groups excluding tert-OH is 6. The molecule has 0 aromatic carbocycles. The van der Waals surface area contributed by atoms with Gasteiger partial charge >= 0.3 is 0 Å². The molecule has 0 radical (unpaired) electrons. The smallest absolute Gasteiger partial charge is 0.187 e. The van der Waals surface area contributed by atoms with Crippen LogP contribution in [0.3, 0.4) is 0 Å². The van der Waals surface area contributed by atoms with Crippen LogP contribution >= 0.6 is 0 Å². The zero-order valence-electron chi connectivity index (χ0n) is 11.7. The van der Waals surface area contributed by atoms with Gasteiger partial charge < -0.3 is 44.8 Å². The Morgan fingerprint density at radius 3 is 1.86 bits per heavy atom. The van der Waals surface area contributed by atoms with Gasteiger partial charge in [0, 0.05) is 0 Å². The summed E-state index contributed by atoms with van der Waals surface area (Å²) in [6.45, 7) is 2.96. The summed E-state index contributed by atoms with van der Waals surface area (Å²) in [5.74, 6) is 0. The largest absolute Gasteiger partial charge is 0.388 e. The predicted molar refractivity (Wildman–Crippen MR) is 65.8 cm³/mol. The summed E-state index contributed by atoms with van der Waals surface area (Å²) < 4.78 is 15.4. The van der Waals surface area contributed by atoms with Gasteiger partial charge in [-0.25, -0.2) is 0 Å². The minimum atomic E-state index is -1.56. The quantitative estimate of drug-likeness (QED) is 0.308. The molecule has 10 atom stereocenters. The Balaban J connectivity index is 2.08. The van der Waals surface area contributed by atoms with Crippen molar-refractivity contribution in [2.45, 2.75) is 75.3 Å². The first kappa shape index (κ1) is 17.0. The summed E-state index contributed by atoms with van der Waals surface area (Å²) in [4.78, 5) is 0. The lowest BCUT2D eigenvalue weighted by Gasteiger charge is -2.44. The highest BCUT2D eigenvalue weighted by molar-refractivity contribution is 4.92. The summed E-state index contributed by atoms with van der Waals surface area (Å²) in [6, 6.07) is 0. The van der Waals surface area contributed by atoms with Crippen LogP contribution in [0.4, 0.5) is 0 Å². The first-order valence-electron chi connectivity index (χ1n) is 6.78. The molecule has 2 fully saturated rings. The van der Waals surface area contributed by atoms with Crippen LogP contribution in [0.2, 0.25) is 0 Å². The molecule has 2 heterocycles. The Bertz CT molecular complexity index is 340. The molecular formula is C12H22O9. The number of hydrogen-bond donors (Lipinski definition) is 6. The number of aliphatic hydroxyl groups is 6. The fourth-order valence-corrected chi connectivity index (χ4v) is 2.45. The van der Waals surface area contributed by atoms with E-state index in [-0.39, 0.29) is 0 Å². The molecule has 0 aromatic rings. The third kappa shape index (κ3) is 3.21. The van der Waals surface area contributed by atoms with E-state index in [0.29, 0.717) is 0 Å². The van der Waals surface area contributed by atoms with E-state index in [0.717, 1.165) is 0 Å². The van der Waals surface area contributed by atoms with Gasteiger partial charge in [0.15, 0.2) is 12.6 Å². The minimum absolute atomic E-state index is 0.804. The first-order valence-corrected chi connectivity index (χ1v) is 6.78. The molecule has 0 aromatic heterocycles. The fraction of sp³-hybridized carbons (Fsp3) is 1.00. The van der Waals surface area contributed by atoms with Crippen molar-refractivity contribution in [1.29, 1.82) is 0 Å². The topological polar surface area (TPSA) is 149 Å². The van der Waals surface area contributed by atoms with Gasteiger partial charge in [0.2, 0.25) is 0 Å². The molecule has 0 aliphatic carbocycles. The third-order valence-electron chi connectivity index (χ3n) is 3.90. The molecular weight excluding hydrogens is 288 g/mol. The molecule has 124 valence electrons. The van der Waals surface area contributed by atoms with Crippen LogP contribution in [0.25, 0.3) is 0 Å². The molecule has 0 saturated carbocycles. The van der Waals surface area contributed by atoms with Crippen molar-refractivity contribution < 1.29 is 44.8 Å². The van der Waals surface area contributed by atoms with Gasteiger partial charge in [-0.1, -0.05) is 0 Å². The van der Waals surface area contributed by atoms with Crippen molar-refractivity contribution in [3.05, 3.63) is 0 Å². The lowest BCUT2D eigenvalue weighted by atomic mass is 9.97. The van der Waals surface area contributed by atoms with Gasteiger partial charge in [0.05, 0.1) is 12.2 Å². The molecule has 0 unspecified atom stereocenters.